The Labute approximate surface area is 59.9 Å². The van der Waals surface area contributed by atoms with E-state index in [1.165, 1.54) is 5.56 Å². The lowest BCUT2D eigenvalue weighted by molar-refractivity contribution is 0.561. The summed E-state index contributed by atoms with van der Waals surface area (Å²) in [5, 5.41) is 2.43. The van der Waals surface area contributed by atoms with E-state index in [0.29, 0.717) is 0 Å². The Morgan fingerprint density at radius 1 is 1.30 bits per heavy atom. The SMILES string of the molecule is Cc1ccc(N[C+]=O)cc1. The minimum absolute atomic E-state index is 0.778. The van der Waals surface area contributed by atoms with Crippen LogP contribution in [0.3, 0.4) is 0 Å². The summed E-state index contributed by atoms with van der Waals surface area (Å²) >= 11 is 0. The molecule has 0 radical (unpaired) electrons. The Morgan fingerprint density at radius 3 is 2.40 bits per heavy atom. The zero-order valence-electron chi connectivity index (χ0n) is 5.72. The number of amides is 1. The van der Waals surface area contributed by atoms with E-state index in [1.807, 2.05) is 31.2 Å². The quantitative estimate of drug-likeness (QED) is 0.481. The van der Waals surface area contributed by atoms with Gasteiger partial charge in [-0.05, 0) is 24.6 Å². The normalized spacial score (nSPS) is 8.50. The van der Waals surface area contributed by atoms with Crippen molar-refractivity contribution in [2.45, 2.75) is 6.92 Å². The van der Waals surface area contributed by atoms with E-state index in [1.54, 1.807) is 6.41 Å². The van der Waals surface area contributed by atoms with Gasteiger partial charge in [-0.3, -0.25) is 0 Å². The summed E-state index contributed by atoms with van der Waals surface area (Å²) in [5.41, 5.74) is 1.96. The molecule has 0 heterocycles. The van der Waals surface area contributed by atoms with Gasteiger partial charge < -0.3 is 0 Å². The summed E-state index contributed by atoms with van der Waals surface area (Å²) in [6, 6.07) is 7.53. The van der Waals surface area contributed by atoms with E-state index in [0.717, 1.165) is 5.69 Å². The van der Waals surface area contributed by atoms with Gasteiger partial charge >= 0.3 is 6.41 Å². The maximum atomic E-state index is 9.82. The van der Waals surface area contributed by atoms with Crippen molar-refractivity contribution in [3.8, 4) is 0 Å². The van der Waals surface area contributed by atoms with Gasteiger partial charge in [0.2, 0.25) is 0 Å². The topological polar surface area (TPSA) is 29.1 Å². The molecule has 0 aliphatic heterocycles. The van der Waals surface area contributed by atoms with Crippen molar-refractivity contribution in [3.63, 3.8) is 0 Å². The van der Waals surface area contributed by atoms with Gasteiger partial charge in [0.1, 0.15) is 0 Å². The molecule has 0 aliphatic carbocycles. The Hall–Kier alpha value is -1.40. The van der Waals surface area contributed by atoms with Crippen LogP contribution >= 0.6 is 0 Å². The summed E-state index contributed by atoms with van der Waals surface area (Å²) < 4.78 is 0. The van der Waals surface area contributed by atoms with Gasteiger partial charge in [-0.1, -0.05) is 4.79 Å². The number of carbonyl (C=O) groups excluding carboxylic acids is 1. The molecule has 50 valence electrons. The van der Waals surface area contributed by atoms with Crippen LogP contribution in [0.5, 0.6) is 0 Å². The van der Waals surface area contributed by atoms with Crippen LogP contribution in [-0.4, -0.2) is 6.41 Å². The third kappa shape index (κ3) is 1.54. The lowest BCUT2D eigenvalue weighted by Crippen LogP contribution is -1.92. The van der Waals surface area contributed by atoms with Gasteiger partial charge in [0, 0.05) is 12.1 Å². The molecule has 1 N–H and O–H groups in total. The van der Waals surface area contributed by atoms with E-state index >= 15 is 0 Å². The van der Waals surface area contributed by atoms with Crippen molar-refractivity contribution in [2.75, 3.05) is 5.32 Å². The second-order valence-electron chi connectivity index (χ2n) is 2.09. The van der Waals surface area contributed by atoms with Gasteiger partial charge in [-0.25, -0.2) is 0 Å². The third-order valence-corrected chi connectivity index (χ3v) is 1.25. The first-order chi connectivity index (χ1) is 4.83. The molecule has 1 aromatic carbocycles. The van der Waals surface area contributed by atoms with E-state index < -0.39 is 0 Å². The minimum Gasteiger partial charge on any atom is -0.124 e. The zero-order chi connectivity index (χ0) is 7.40. The first-order valence-corrected chi connectivity index (χ1v) is 3.03. The number of rotatable bonds is 2. The highest BCUT2D eigenvalue weighted by molar-refractivity contribution is 5.71. The van der Waals surface area contributed by atoms with E-state index in [-0.39, 0.29) is 0 Å². The molecule has 1 aromatic rings. The van der Waals surface area contributed by atoms with Crippen LogP contribution < -0.4 is 5.32 Å². The predicted molar refractivity (Wildman–Crippen MR) is 40.5 cm³/mol. The summed E-state index contributed by atoms with van der Waals surface area (Å²) in [4.78, 5) is 9.82. The average molecular weight is 134 g/mol. The molecule has 2 heteroatoms. The lowest BCUT2D eigenvalue weighted by Gasteiger charge is -1.87. The number of nitrogens with one attached hydrogen (secondary N) is 1. The lowest BCUT2D eigenvalue weighted by atomic mass is 10.2. The molecule has 1 amide bonds. The maximum Gasteiger partial charge on any atom is 0.458 e. The number of hydrogen-bond donors (Lipinski definition) is 1. The first kappa shape index (κ1) is 6.72. The van der Waals surface area contributed by atoms with Gasteiger partial charge in [-0.15, -0.1) is 5.32 Å². The fraction of sp³-hybridized carbons (Fsp3) is 0.125. The number of aryl methyl sites for hydroxylation is 1. The predicted octanol–water partition coefficient (Wildman–Crippen LogP) is 1.47. The number of anilines is 1. The molecule has 0 aliphatic rings. The van der Waals surface area contributed by atoms with E-state index in [4.69, 9.17) is 0 Å². The zero-order valence-corrected chi connectivity index (χ0v) is 5.72. The summed E-state index contributed by atoms with van der Waals surface area (Å²) in [6.45, 7) is 1.99. The highest BCUT2D eigenvalue weighted by Gasteiger charge is 1.97. The van der Waals surface area contributed by atoms with Gasteiger partial charge in [0.05, 0.1) is 0 Å². The molecule has 0 fully saturated rings. The van der Waals surface area contributed by atoms with Crippen molar-refractivity contribution in [1.82, 2.24) is 0 Å². The maximum absolute atomic E-state index is 9.82. The van der Waals surface area contributed by atoms with Gasteiger partial charge in [0.15, 0.2) is 5.69 Å². The van der Waals surface area contributed by atoms with E-state index in [9.17, 15) is 4.79 Å². The van der Waals surface area contributed by atoms with Crippen LogP contribution in [0.25, 0.3) is 0 Å². The second-order valence-corrected chi connectivity index (χ2v) is 2.09. The van der Waals surface area contributed by atoms with Crippen molar-refractivity contribution in [1.29, 1.82) is 0 Å². The largest absolute Gasteiger partial charge is 0.458 e. The van der Waals surface area contributed by atoms with Crippen LogP contribution in [0.1, 0.15) is 5.56 Å². The van der Waals surface area contributed by atoms with Crippen LogP contribution in [0.15, 0.2) is 24.3 Å². The molecule has 0 saturated heterocycles. The van der Waals surface area contributed by atoms with Crippen LogP contribution in [0, 0.1) is 6.92 Å². The molecule has 10 heavy (non-hydrogen) atoms. The first-order valence-electron chi connectivity index (χ1n) is 3.03. The molecule has 0 aromatic heterocycles. The molecule has 2 nitrogen and oxygen atoms in total. The molecule has 1 rings (SSSR count). The number of hydrogen-bond acceptors (Lipinski definition) is 1. The average Bonchev–Trinajstić information content (AvgIpc) is 1.95. The van der Waals surface area contributed by atoms with Crippen molar-refractivity contribution in [2.24, 2.45) is 0 Å². The van der Waals surface area contributed by atoms with Crippen molar-refractivity contribution in [3.05, 3.63) is 29.8 Å². The second kappa shape index (κ2) is 2.95. The highest BCUT2D eigenvalue weighted by Crippen LogP contribution is 2.06. The Morgan fingerprint density at radius 2 is 1.90 bits per heavy atom. The Bertz CT molecular complexity index is 215. The summed E-state index contributed by atoms with van der Waals surface area (Å²) in [6.07, 6.45) is 1.60. The van der Waals surface area contributed by atoms with E-state index in [2.05, 4.69) is 5.32 Å². The van der Waals surface area contributed by atoms with Crippen LogP contribution in [0.4, 0.5) is 5.69 Å². The van der Waals surface area contributed by atoms with Crippen molar-refractivity contribution >= 4 is 12.1 Å². The van der Waals surface area contributed by atoms with Gasteiger partial charge in [0.25, 0.3) is 0 Å². The minimum atomic E-state index is 0.778. The van der Waals surface area contributed by atoms with Gasteiger partial charge in [-0.2, -0.15) is 0 Å². The molecular weight excluding hydrogens is 126 g/mol. The molecule has 0 spiro atoms. The molecule has 0 saturated carbocycles. The third-order valence-electron chi connectivity index (χ3n) is 1.25. The molecule has 0 unspecified atom stereocenters. The Balaban J connectivity index is 2.78. The Kier molecular flexibility index (Phi) is 1.98. The molecule has 0 atom stereocenters. The fourth-order valence-corrected chi connectivity index (χ4v) is 0.696. The number of benzene rings is 1. The fourth-order valence-electron chi connectivity index (χ4n) is 0.696. The van der Waals surface area contributed by atoms with Crippen LogP contribution in [0.2, 0.25) is 0 Å². The van der Waals surface area contributed by atoms with Crippen molar-refractivity contribution < 1.29 is 4.79 Å². The smallest absolute Gasteiger partial charge is 0.124 e. The summed E-state index contributed by atoms with van der Waals surface area (Å²) in [7, 11) is 0. The standard InChI is InChI=1S/C8H8NO/c1-7-2-4-8(5-3-7)9-6-10/h2-5H,1H3,(H,9,10)/q+1. The molecular formula is C8H8NO+. The highest BCUT2D eigenvalue weighted by atomic mass is 16.1. The monoisotopic (exact) mass is 134 g/mol. The summed E-state index contributed by atoms with van der Waals surface area (Å²) in [5.74, 6) is 0. The molecule has 0 bridgehead atoms. The van der Waals surface area contributed by atoms with Crippen LogP contribution in [-0.2, 0) is 4.79 Å².